The smallest absolute Gasteiger partial charge is 0.275 e. The number of nitrogens with one attached hydrogen (secondary N) is 2. The van der Waals surface area contributed by atoms with Crippen molar-refractivity contribution in [2.45, 2.75) is 19.9 Å². The van der Waals surface area contributed by atoms with Crippen molar-refractivity contribution in [3.8, 4) is 11.5 Å². The van der Waals surface area contributed by atoms with Crippen LogP contribution in [0.4, 0.5) is 0 Å². The number of benzene rings is 2. The first-order valence-corrected chi connectivity index (χ1v) is 8.00. The van der Waals surface area contributed by atoms with Gasteiger partial charge in [0.2, 0.25) is 5.91 Å². The lowest BCUT2D eigenvalue weighted by atomic mass is 10.2. The summed E-state index contributed by atoms with van der Waals surface area (Å²) in [5, 5.41) is 16.3. The molecule has 0 saturated heterocycles. The molecule has 0 fully saturated rings. The fourth-order valence-electron chi connectivity index (χ4n) is 2.15. The number of hydrogen-bond acceptors (Lipinski definition) is 5. The van der Waals surface area contributed by atoms with E-state index in [1.807, 2.05) is 24.3 Å². The molecule has 0 bridgehead atoms. The predicted octanol–water partition coefficient (Wildman–Crippen LogP) is 2.21. The Labute approximate surface area is 151 Å². The summed E-state index contributed by atoms with van der Waals surface area (Å²) in [5.74, 6) is -0.127. The normalized spacial score (nSPS) is 10.9. The zero-order chi connectivity index (χ0) is 18.9. The number of hydrazone groups is 1. The van der Waals surface area contributed by atoms with Crippen LogP contribution in [0.2, 0.25) is 0 Å². The van der Waals surface area contributed by atoms with Crippen molar-refractivity contribution in [3.05, 3.63) is 59.7 Å². The SMILES string of the molecule is COc1ccc(CNC(=O)C/C(C)=N\NC(=O)c2ccccc2O)cc1. The van der Waals surface area contributed by atoms with E-state index in [4.69, 9.17) is 4.74 Å². The molecule has 7 nitrogen and oxygen atoms in total. The zero-order valence-electron chi connectivity index (χ0n) is 14.7. The Balaban J connectivity index is 1.81. The van der Waals surface area contributed by atoms with Crippen LogP contribution in [0.5, 0.6) is 11.5 Å². The summed E-state index contributed by atoms with van der Waals surface area (Å²) in [4.78, 5) is 23.9. The average Bonchev–Trinajstić information content (AvgIpc) is 2.65. The van der Waals surface area contributed by atoms with Crippen LogP contribution in [0.3, 0.4) is 0 Å². The van der Waals surface area contributed by atoms with Gasteiger partial charge < -0.3 is 15.2 Å². The number of carbonyl (C=O) groups excluding carboxylic acids is 2. The maximum absolute atomic E-state index is 11.9. The van der Waals surface area contributed by atoms with Crippen LogP contribution in [0, 0.1) is 0 Å². The lowest BCUT2D eigenvalue weighted by Gasteiger charge is -2.07. The predicted molar refractivity (Wildman–Crippen MR) is 98.1 cm³/mol. The molecule has 0 radical (unpaired) electrons. The fraction of sp³-hybridized carbons (Fsp3) is 0.211. The Morgan fingerprint density at radius 3 is 2.46 bits per heavy atom. The number of methoxy groups -OCH3 is 1. The highest BCUT2D eigenvalue weighted by molar-refractivity contribution is 6.01. The van der Waals surface area contributed by atoms with Gasteiger partial charge in [-0.25, -0.2) is 5.43 Å². The van der Waals surface area contributed by atoms with Gasteiger partial charge in [-0.05, 0) is 36.8 Å². The molecule has 0 saturated carbocycles. The van der Waals surface area contributed by atoms with Crippen molar-refractivity contribution in [3.63, 3.8) is 0 Å². The number of carbonyl (C=O) groups is 2. The fourth-order valence-corrected chi connectivity index (χ4v) is 2.15. The van der Waals surface area contributed by atoms with Gasteiger partial charge in [0.25, 0.3) is 5.91 Å². The van der Waals surface area contributed by atoms with Crippen molar-refractivity contribution in [1.29, 1.82) is 0 Å². The molecular weight excluding hydrogens is 334 g/mol. The van der Waals surface area contributed by atoms with Crippen molar-refractivity contribution in [2.24, 2.45) is 5.10 Å². The highest BCUT2D eigenvalue weighted by atomic mass is 16.5. The Bertz CT molecular complexity index is 801. The number of phenolic OH excluding ortho intramolecular Hbond substituents is 1. The second-order valence-corrected chi connectivity index (χ2v) is 5.61. The van der Waals surface area contributed by atoms with Crippen LogP contribution in [0.1, 0.15) is 29.3 Å². The Kier molecular flexibility index (Phi) is 6.73. The number of aromatic hydroxyl groups is 1. The molecule has 0 spiro atoms. The van der Waals surface area contributed by atoms with Crippen LogP contribution in [0.15, 0.2) is 53.6 Å². The largest absolute Gasteiger partial charge is 0.507 e. The van der Waals surface area contributed by atoms with E-state index in [-0.39, 0.29) is 23.6 Å². The van der Waals surface area contributed by atoms with Crippen molar-refractivity contribution >= 4 is 17.5 Å². The van der Waals surface area contributed by atoms with Crippen molar-refractivity contribution < 1.29 is 19.4 Å². The Morgan fingerprint density at radius 1 is 1.12 bits per heavy atom. The molecule has 0 unspecified atom stereocenters. The van der Waals surface area contributed by atoms with Crippen LogP contribution in [-0.2, 0) is 11.3 Å². The minimum atomic E-state index is -0.541. The maximum atomic E-state index is 11.9. The molecule has 3 N–H and O–H groups in total. The van der Waals surface area contributed by atoms with E-state index in [0.29, 0.717) is 12.3 Å². The second-order valence-electron chi connectivity index (χ2n) is 5.61. The van der Waals surface area contributed by atoms with Gasteiger partial charge in [0.15, 0.2) is 0 Å². The van der Waals surface area contributed by atoms with Crippen molar-refractivity contribution in [2.75, 3.05) is 7.11 Å². The van der Waals surface area contributed by atoms with Crippen LogP contribution < -0.4 is 15.5 Å². The summed E-state index contributed by atoms with van der Waals surface area (Å²) in [6.07, 6.45) is 0.0528. The average molecular weight is 355 g/mol. The highest BCUT2D eigenvalue weighted by Crippen LogP contribution is 2.15. The van der Waals surface area contributed by atoms with E-state index < -0.39 is 5.91 Å². The van der Waals surface area contributed by atoms with E-state index >= 15 is 0 Å². The monoisotopic (exact) mass is 355 g/mol. The van der Waals surface area contributed by atoms with Crippen molar-refractivity contribution in [1.82, 2.24) is 10.7 Å². The number of phenols is 1. The lowest BCUT2D eigenvalue weighted by molar-refractivity contribution is -0.120. The number of rotatable bonds is 7. The number of hydrogen-bond donors (Lipinski definition) is 3. The molecule has 26 heavy (non-hydrogen) atoms. The topological polar surface area (TPSA) is 100 Å². The minimum absolute atomic E-state index is 0.0528. The standard InChI is InChI=1S/C19H21N3O4/c1-13(21-22-19(25)16-5-3-4-6-17(16)23)11-18(24)20-12-14-7-9-15(26-2)10-8-14/h3-10,23H,11-12H2,1-2H3,(H,20,24)(H,22,25)/b21-13-. The molecule has 0 aromatic heterocycles. The van der Waals surface area contributed by atoms with E-state index in [2.05, 4.69) is 15.8 Å². The molecular formula is C19H21N3O4. The number of amides is 2. The van der Waals surface area contributed by atoms with Gasteiger partial charge in [0.1, 0.15) is 11.5 Å². The molecule has 2 aromatic carbocycles. The quantitative estimate of drug-likeness (QED) is 0.524. The molecule has 7 heteroatoms. The second kappa shape index (κ2) is 9.22. The third kappa shape index (κ3) is 5.62. The lowest BCUT2D eigenvalue weighted by Crippen LogP contribution is -2.26. The minimum Gasteiger partial charge on any atom is -0.507 e. The summed E-state index contributed by atoms with van der Waals surface area (Å²) in [7, 11) is 1.59. The van der Waals surface area contributed by atoms with Gasteiger partial charge in [-0.15, -0.1) is 0 Å². The molecule has 2 rings (SSSR count). The van der Waals surface area contributed by atoms with E-state index in [0.717, 1.165) is 11.3 Å². The van der Waals surface area contributed by atoms with Gasteiger partial charge in [0, 0.05) is 12.3 Å². The summed E-state index contributed by atoms with van der Waals surface area (Å²) < 4.78 is 5.08. The summed E-state index contributed by atoms with van der Waals surface area (Å²) in [6, 6.07) is 13.5. The first-order valence-electron chi connectivity index (χ1n) is 8.00. The molecule has 2 amide bonds. The summed E-state index contributed by atoms with van der Waals surface area (Å²) in [6.45, 7) is 2.03. The maximum Gasteiger partial charge on any atom is 0.275 e. The highest BCUT2D eigenvalue weighted by Gasteiger charge is 2.10. The van der Waals surface area contributed by atoms with Gasteiger partial charge in [0.05, 0.1) is 19.1 Å². The van der Waals surface area contributed by atoms with Crippen LogP contribution in [0.25, 0.3) is 0 Å². The third-order valence-electron chi connectivity index (χ3n) is 3.56. The van der Waals surface area contributed by atoms with E-state index in [9.17, 15) is 14.7 Å². The molecule has 0 aliphatic heterocycles. The first kappa shape index (κ1) is 19.0. The molecule has 2 aromatic rings. The van der Waals surface area contributed by atoms with Gasteiger partial charge in [-0.2, -0.15) is 5.10 Å². The molecule has 0 aliphatic rings. The summed E-state index contributed by atoms with van der Waals surface area (Å²) >= 11 is 0. The third-order valence-corrected chi connectivity index (χ3v) is 3.56. The molecule has 136 valence electrons. The van der Waals surface area contributed by atoms with Crippen LogP contribution >= 0.6 is 0 Å². The van der Waals surface area contributed by atoms with Gasteiger partial charge >= 0.3 is 0 Å². The Hall–Kier alpha value is -3.35. The zero-order valence-corrected chi connectivity index (χ0v) is 14.7. The first-order chi connectivity index (χ1) is 12.5. The molecule has 0 heterocycles. The van der Waals surface area contributed by atoms with E-state index in [1.165, 1.54) is 12.1 Å². The number of nitrogens with zero attached hydrogens (tertiary/aromatic N) is 1. The molecule has 0 aliphatic carbocycles. The van der Waals surface area contributed by atoms with E-state index in [1.54, 1.807) is 26.2 Å². The number of para-hydroxylation sites is 1. The summed E-state index contributed by atoms with van der Waals surface area (Å²) in [5.41, 5.74) is 3.84. The van der Waals surface area contributed by atoms with Gasteiger partial charge in [-0.1, -0.05) is 24.3 Å². The molecule has 0 atom stereocenters. The van der Waals surface area contributed by atoms with Crippen LogP contribution in [-0.4, -0.2) is 29.7 Å². The number of ether oxygens (including phenoxy) is 1. The Morgan fingerprint density at radius 2 is 1.81 bits per heavy atom. The van der Waals surface area contributed by atoms with Gasteiger partial charge in [-0.3, -0.25) is 9.59 Å².